The SMILES string of the molecule is Cc1ccc(-n2c3ccccc3c3c(-c4cc(-c5cccc6c5sc5ccccc56)nc(-c5ccc(-c6ccccc6)cc5)n4)cccc32)cc1. The van der Waals surface area contributed by atoms with E-state index < -0.39 is 0 Å². The summed E-state index contributed by atoms with van der Waals surface area (Å²) in [4.78, 5) is 10.7. The molecule has 0 fully saturated rings. The van der Waals surface area contributed by atoms with Crippen LogP contribution in [0.25, 0.3) is 92.7 Å². The first-order valence-electron chi connectivity index (χ1n) is 17.2. The molecule has 3 nitrogen and oxygen atoms in total. The number of aryl methyl sites for hydroxylation is 1. The molecule has 51 heavy (non-hydrogen) atoms. The summed E-state index contributed by atoms with van der Waals surface area (Å²) in [7, 11) is 0. The Balaban J connectivity index is 1.23. The van der Waals surface area contributed by atoms with E-state index in [1.165, 1.54) is 53.2 Å². The molecule has 10 rings (SSSR count). The summed E-state index contributed by atoms with van der Waals surface area (Å²) in [6.07, 6.45) is 0. The minimum atomic E-state index is 0.708. The summed E-state index contributed by atoms with van der Waals surface area (Å²) in [6.45, 7) is 2.13. The predicted octanol–water partition coefficient (Wildman–Crippen LogP) is 12.9. The number of thiophene rings is 1. The summed E-state index contributed by atoms with van der Waals surface area (Å²) in [5.41, 5.74) is 12.1. The maximum atomic E-state index is 5.36. The highest BCUT2D eigenvalue weighted by atomic mass is 32.1. The van der Waals surface area contributed by atoms with Crippen LogP contribution in [0.4, 0.5) is 0 Å². The molecule has 0 aliphatic rings. The minimum Gasteiger partial charge on any atom is -0.309 e. The molecular formula is C47H31N3S. The van der Waals surface area contributed by atoms with Crippen LogP contribution in [0.15, 0.2) is 170 Å². The van der Waals surface area contributed by atoms with E-state index in [-0.39, 0.29) is 0 Å². The van der Waals surface area contributed by atoms with E-state index in [0.29, 0.717) is 5.82 Å². The first kappa shape index (κ1) is 29.5. The van der Waals surface area contributed by atoms with Gasteiger partial charge in [-0.25, -0.2) is 9.97 Å². The number of benzene rings is 7. The van der Waals surface area contributed by atoms with E-state index in [1.807, 2.05) is 11.3 Å². The van der Waals surface area contributed by atoms with Crippen LogP contribution < -0.4 is 0 Å². The van der Waals surface area contributed by atoms with Crippen LogP contribution in [-0.4, -0.2) is 14.5 Å². The van der Waals surface area contributed by atoms with E-state index in [1.54, 1.807) is 0 Å². The number of hydrogen-bond donors (Lipinski definition) is 0. The van der Waals surface area contributed by atoms with E-state index in [2.05, 4.69) is 181 Å². The highest BCUT2D eigenvalue weighted by molar-refractivity contribution is 7.26. The van der Waals surface area contributed by atoms with Crippen LogP contribution >= 0.6 is 11.3 Å². The second kappa shape index (κ2) is 11.9. The standard InChI is InChI=1S/C47H31N3S/c1-30-21-27-34(28-22-30)50-42-18-7-5-14-39(42)45-37(16-10-19-43(45)50)40-29-41(38-17-9-15-36-35-13-6-8-20-44(35)51-46(36)38)49-47(48-40)33-25-23-32(24-26-33)31-11-3-2-4-12-31/h2-29H,1H3. The Morgan fingerprint density at radius 3 is 1.90 bits per heavy atom. The summed E-state index contributed by atoms with van der Waals surface area (Å²) >= 11 is 1.83. The zero-order valence-electron chi connectivity index (χ0n) is 27.9. The lowest BCUT2D eigenvalue weighted by Crippen LogP contribution is -1.97. The van der Waals surface area contributed by atoms with E-state index in [4.69, 9.17) is 9.97 Å². The number of rotatable bonds is 5. The topological polar surface area (TPSA) is 30.7 Å². The zero-order chi connectivity index (χ0) is 33.9. The van der Waals surface area contributed by atoms with Gasteiger partial charge in [0.05, 0.1) is 22.4 Å². The van der Waals surface area contributed by atoms with Gasteiger partial charge >= 0.3 is 0 Å². The van der Waals surface area contributed by atoms with E-state index in [0.717, 1.165) is 39.3 Å². The molecule has 0 radical (unpaired) electrons. The molecule has 0 unspecified atom stereocenters. The second-order valence-corrected chi connectivity index (χ2v) is 14.1. The molecule has 0 atom stereocenters. The lowest BCUT2D eigenvalue weighted by atomic mass is 10.0. The van der Waals surface area contributed by atoms with Crippen molar-refractivity contribution in [1.29, 1.82) is 0 Å². The minimum absolute atomic E-state index is 0.708. The van der Waals surface area contributed by atoms with Gasteiger partial charge in [-0.15, -0.1) is 11.3 Å². The van der Waals surface area contributed by atoms with Crippen molar-refractivity contribution in [3.8, 4) is 50.7 Å². The number of nitrogens with zero attached hydrogens (tertiary/aromatic N) is 3. The number of para-hydroxylation sites is 1. The molecule has 0 saturated heterocycles. The summed E-state index contributed by atoms with van der Waals surface area (Å²) in [6, 6.07) is 60.6. The fraction of sp³-hybridized carbons (Fsp3) is 0.0213. The molecule has 0 bridgehead atoms. The fourth-order valence-electron chi connectivity index (χ4n) is 7.45. The Labute approximate surface area is 299 Å². The molecule has 0 spiro atoms. The first-order valence-corrected chi connectivity index (χ1v) is 18.1. The molecule has 0 aliphatic heterocycles. The second-order valence-electron chi connectivity index (χ2n) is 13.1. The number of aromatic nitrogens is 3. The molecule has 0 aliphatic carbocycles. The highest BCUT2D eigenvalue weighted by Gasteiger charge is 2.20. The molecule has 0 N–H and O–H groups in total. The van der Waals surface area contributed by atoms with Crippen molar-refractivity contribution in [2.45, 2.75) is 6.92 Å². The Hall–Kier alpha value is -6.36. The normalized spacial score (nSPS) is 11.6. The van der Waals surface area contributed by atoms with Gasteiger partial charge in [-0.2, -0.15) is 0 Å². The van der Waals surface area contributed by atoms with Crippen molar-refractivity contribution in [2.24, 2.45) is 0 Å². The third kappa shape index (κ3) is 4.95. The van der Waals surface area contributed by atoms with Crippen LogP contribution in [0.5, 0.6) is 0 Å². The van der Waals surface area contributed by atoms with Gasteiger partial charge in [0.1, 0.15) is 0 Å². The number of hydrogen-bond acceptors (Lipinski definition) is 3. The molecule has 0 saturated carbocycles. The quantitative estimate of drug-likeness (QED) is 0.183. The molecular weight excluding hydrogens is 639 g/mol. The van der Waals surface area contributed by atoms with Gasteiger partial charge in [0.25, 0.3) is 0 Å². The molecule has 10 aromatic rings. The van der Waals surface area contributed by atoms with Crippen molar-refractivity contribution in [3.05, 3.63) is 175 Å². The molecule has 240 valence electrons. The third-order valence-electron chi connectivity index (χ3n) is 9.92. The first-order chi connectivity index (χ1) is 25.2. The van der Waals surface area contributed by atoms with Crippen molar-refractivity contribution < 1.29 is 0 Å². The third-order valence-corrected chi connectivity index (χ3v) is 11.1. The molecule has 0 amide bonds. The predicted molar refractivity (Wildman–Crippen MR) is 216 cm³/mol. The average molecular weight is 670 g/mol. The van der Waals surface area contributed by atoms with Gasteiger partial charge in [-0.1, -0.05) is 139 Å². The average Bonchev–Trinajstić information content (AvgIpc) is 3.75. The molecule has 4 heteroatoms. The van der Waals surface area contributed by atoms with Crippen LogP contribution in [0.1, 0.15) is 5.56 Å². The zero-order valence-corrected chi connectivity index (χ0v) is 28.7. The van der Waals surface area contributed by atoms with Gasteiger partial charge in [0.15, 0.2) is 5.82 Å². The smallest absolute Gasteiger partial charge is 0.160 e. The van der Waals surface area contributed by atoms with Crippen molar-refractivity contribution in [2.75, 3.05) is 0 Å². The Kier molecular flexibility index (Phi) is 6.90. The lowest BCUT2D eigenvalue weighted by molar-refractivity contribution is 1.17. The van der Waals surface area contributed by atoms with Gasteiger partial charge in [0, 0.05) is 53.3 Å². The van der Waals surface area contributed by atoms with Gasteiger partial charge < -0.3 is 4.57 Å². The van der Waals surface area contributed by atoms with E-state index in [9.17, 15) is 0 Å². The molecule has 3 heterocycles. The largest absolute Gasteiger partial charge is 0.309 e. The molecule has 3 aromatic heterocycles. The van der Waals surface area contributed by atoms with Gasteiger partial charge in [-0.05, 0) is 54.4 Å². The van der Waals surface area contributed by atoms with Crippen LogP contribution in [0.3, 0.4) is 0 Å². The number of fused-ring (bicyclic) bond motifs is 6. The van der Waals surface area contributed by atoms with Gasteiger partial charge in [-0.3, -0.25) is 0 Å². The Bertz CT molecular complexity index is 2900. The highest BCUT2D eigenvalue weighted by Crippen LogP contribution is 2.42. The van der Waals surface area contributed by atoms with Crippen LogP contribution in [0, 0.1) is 6.92 Å². The Morgan fingerprint density at radius 1 is 0.471 bits per heavy atom. The van der Waals surface area contributed by atoms with Crippen LogP contribution in [-0.2, 0) is 0 Å². The Morgan fingerprint density at radius 2 is 1.08 bits per heavy atom. The van der Waals surface area contributed by atoms with Crippen LogP contribution in [0.2, 0.25) is 0 Å². The van der Waals surface area contributed by atoms with Gasteiger partial charge in [0.2, 0.25) is 0 Å². The summed E-state index contributed by atoms with van der Waals surface area (Å²) < 4.78 is 4.89. The van der Waals surface area contributed by atoms with Crippen molar-refractivity contribution in [3.63, 3.8) is 0 Å². The van der Waals surface area contributed by atoms with E-state index >= 15 is 0 Å². The van der Waals surface area contributed by atoms with Crippen molar-refractivity contribution >= 4 is 53.3 Å². The monoisotopic (exact) mass is 669 g/mol. The maximum absolute atomic E-state index is 5.36. The fourth-order valence-corrected chi connectivity index (χ4v) is 8.67. The lowest BCUT2D eigenvalue weighted by Gasteiger charge is -2.12. The molecule has 7 aromatic carbocycles. The maximum Gasteiger partial charge on any atom is 0.160 e. The van der Waals surface area contributed by atoms with Crippen molar-refractivity contribution in [1.82, 2.24) is 14.5 Å². The summed E-state index contributed by atoms with van der Waals surface area (Å²) in [5.74, 6) is 0.708. The summed E-state index contributed by atoms with van der Waals surface area (Å²) in [5, 5.41) is 4.91.